The maximum atomic E-state index is 3.53. The minimum absolute atomic E-state index is 0.568. The average Bonchev–Trinajstić information content (AvgIpc) is 2.41. The Labute approximate surface area is 108 Å². The summed E-state index contributed by atoms with van der Waals surface area (Å²) in [5.41, 5.74) is 0.568. The standard InChI is InChI=1S/C15H32N2/c1-5-9-16-12-14(2)13-17-10-6-7-15(3,4)8-11-17/h14,16H,5-13H2,1-4H3. The number of likely N-dealkylation sites (tertiary alicyclic amines) is 1. The Morgan fingerprint density at radius 1 is 1.24 bits per heavy atom. The van der Waals surface area contributed by atoms with Crippen LogP contribution in [0.2, 0.25) is 0 Å². The highest BCUT2D eigenvalue weighted by molar-refractivity contribution is 4.77. The smallest absolute Gasteiger partial charge is 0.00191 e. The van der Waals surface area contributed by atoms with Crippen molar-refractivity contribution in [2.45, 2.75) is 53.4 Å². The van der Waals surface area contributed by atoms with Crippen molar-refractivity contribution in [1.82, 2.24) is 10.2 Å². The molecule has 1 aliphatic heterocycles. The van der Waals surface area contributed by atoms with E-state index in [9.17, 15) is 0 Å². The highest BCUT2D eigenvalue weighted by Crippen LogP contribution is 2.29. The van der Waals surface area contributed by atoms with Gasteiger partial charge in [-0.05, 0) is 63.2 Å². The van der Waals surface area contributed by atoms with Gasteiger partial charge in [-0.2, -0.15) is 0 Å². The van der Waals surface area contributed by atoms with Gasteiger partial charge in [-0.25, -0.2) is 0 Å². The predicted octanol–water partition coefficient (Wildman–Crippen LogP) is 3.13. The topological polar surface area (TPSA) is 15.3 Å². The van der Waals surface area contributed by atoms with E-state index in [1.165, 1.54) is 51.9 Å². The number of nitrogens with one attached hydrogen (secondary N) is 1. The Morgan fingerprint density at radius 2 is 2.00 bits per heavy atom. The summed E-state index contributed by atoms with van der Waals surface area (Å²) >= 11 is 0. The monoisotopic (exact) mass is 240 g/mol. The van der Waals surface area contributed by atoms with Crippen molar-refractivity contribution < 1.29 is 0 Å². The van der Waals surface area contributed by atoms with Crippen LogP contribution in [0, 0.1) is 11.3 Å². The molecular formula is C15H32N2. The molecule has 0 bridgehead atoms. The number of hydrogen-bond acceptors (Lipinski definition) is 2. The van der Waals surface area contributed by atoms with E-state index in [4.69, 9.17) is 0 Å². The highest BCUT2D eigenvalue weighted by Gasteiger charge is 2.23. The van der Waals surface area contributed by atoms with Crippen LogP contribution in [0.15, 0.2) is 0 Å². The summed E-state index contributed by atoms with van der Waals surface area (Å²) in [5.74, 6) is 0.780. The van der Waals surface area contributed by atoms with Crippen LogP contribution in [0.5, 0.6) is 0 Å². The molecule has 0 spiro atoms. The van der Waals surface area contributed by atoms with Crippen molar-refractivity contribution in [2.24, 2.45) is 11.3 Å². The van der Waals surface area contributed by atoms with E-state index in [1.54, 1.807) is 0 Å². The van der Waals surface area contributed by atoms with Crippen molar-refractivity contribution in [1.29, 1.82) is 0 Å². The molecule has 17 heavy (non-hydrogen) atoms. The van der Waals surface area contributed by atoms with Gasteiger partial charge in [0.1, 0.15) is 0 Å². The van der Waals surface area contributed by atoms with Gasteiger partial charge in [-0.15, -0.1) is 0 Å². The summed E-state index contributed by atoms with van der Waals surface area (Å²) in [5, 5.41) is 3.53. The van der Waals surface area contributed by atoms with Crippen LogP contribution >= 0.6 is 0 Å². The van der Waals surface area contributed by atoms with Gasteiger partial charge >= 0.3 is 0 Å². The minimum Gasteiger partial charge on any atom is -0.316 e. The lowest BCUT2D eigenvalue weighted by molar-refractivity contribution is 0.230. The molecule has 2 heteroatoms. The van der Waals surface area contributed by atoms with Crippen LogP contribution in [0.3, 0.4) is 0 Å². The van der Waals surface area contributed by atoms with E-state index < -0.39 is 0 Å². The Balaban J connectivity index is 2.22. The molecule has 1 saturated heterocycles. The van der Waals surface area contributed by atoms with E-state index >= 15 is 0 Å². The summed E-state index contributed by atoms with van der Waals surface area (Å²) in [6, 6.07) is 0. The van der Waals surface area contributed by atoms with E-state index in [0.29, 0.717) is 5.41 Å². The number of nitrogens with zero attached hydrogens (tertiary/aromatic N) is 1. The molecule has 0 saturated carbocycles. The van der Waals surface area contributed by atoms with Crippen LogP contribution in [-0.4, -0.2) is 37.6 Å². The van der Waals surface area contributed by atoms with Gasteiger partial charge in [-0.3, -0.25) is 0 Å². The fourth-order valence-corrected chi connectivity index (χ4v) is 2.69. The van der Waals surface area contributed by atoms with E-state index in [-0.39, 0.29) is 0 Å². The van der Waals surface area contributed by atoms with Gasteiger partial charge < -0.3 is 10.2 Å². The first-order valence-electron chi connectivity index (χ1n) is 7.46. The summed E-state index contributed by atoms with van der Waals surface area (Å²) in [4.78, 5) is 2.67. The van der Waals surface area contributed by atoms with Crippen LogP contribution in [0.1, 0.15) is 53.4 Å². The lowest BCUT2D eigenvalue weighted by atomic mass is 9.85. The second kappa shape index (κ2) is 7.38. The van der Waals surface area contributed by atoms with Gasteiger partial charge in [0.15, 0.2) is 0 Å². The molecule has 0 radical (unpaired) electrons. The molecule has 0 aromatic rings. The third-order valence-corrected chi connectivity index (χ3v) is 3.92. The molecule has 1 fully saturated rings. The molecule has 1 atom stereocenters. The number of hydrogen-bond donors (Lipinski definition) is 1. The van der Waals surface area contributed by atoms with Crippen LogP contribution in [-0.2, 0) is 0 Å². The largest absolute Gasteiger partial charge is 0.316 e. The molecule has 1 unspecified atom stereocenters. The molecule has 0 aromatic carbocycles. The quantitative estimate of drug-likeness (QED) is 0.718. The van der Waals surface area contributed by atoms with Gasteiger partial charge in [0.25, 0.3) is 0 Å². The second-order valence-corrected chi connectivity index (χ2v) is 6.63. The molecule has 1 heterocycles. The van der Waals surface area contributed by atoms with E-state index in [2.05, 4.69) is 37.9 Å². The molecule has 0 aliphatic carbocycles. The fourth-order valence-electron chi connectivity index (χ4n) is 2.69. The maximum Gasteiger partial charge on any atom is 0.00191 e. The lowest BCUT2D eigenvalue weighted by Gasteiger charge is -2.25. The summed E-state index contributed by atoms with van der Waals surface area (Å²) in [6.45, 7) is 15.7. The Hall–Kier alpha value is -0.0800. The SMILES string of the molecule is CCCNCC(C)CN1CCCC(C)(C)CC1. The van der Waals surface area contributed by atoms with Crippen molar-refractivity contribution in [2.75, 3.05) is 32.7 Å². The summed E-state index contributed by atoms with van der Waals surface area (Å²) < 4.78 is 0. The van der Waals surface area contributed by atoms with Crippen LogP contribution < -0.4 is 5.32 Å². The molecule has 1 rings (SSSR count). The third kappa shape index (κ3) is 6.42. The first kappa shape index (κ1) is 15.0. The maximum absolute atomic E-state index is 3.53. The first-order chi connectivity index (χ1) is 8.03. The van der Waals surface area contributed by atoms with E-state index in [1.807, 2.05) is 0 Å². The summed E-state index contributed by atoms with van der Waals surface area (Å²) in [7, 11) is 0. The van der Waals surface area contributed by atoms with Gasteiger partial charge in [0.05, 0.1) is 0 Å². The summed E-state index contributed by atoms with van der Waals surface area (Å²) in [6.07, 6.45) is 5.38. The molecule has 102 valence electrons. The lowest BCUT2D eigenvalue weighted by Crippen LogP contribution is -2.34. The van der Waals surface area contributed by atoms with Crippen molar-refractivity contribution in [3.63, 3.8) is 0 Å². The van der Waals surface area contributed by atoms with Crippen LogP contribution in [0.4, 0.5) is 0 Å². The molecule has 0 aromatic heterocycles. The highest BCUT2D eigenvalue weighted by atomic mass is 15.1. The van der Waals surface area contributed by atoms with Crippen LogP contribution in [0.25, 0.3) is 0 Å². The average molecular weight is 240 g/mol. The predicted molar refractivity (Wildman–Crippen MR) is 76.4 cm³/mol. The Kier molecular flexibility index (Phi) is 6.50. The molecule has 0 amide bonds. The zero-order chi connectivity index (χ0) is 12.7. The normalized spacial score (nSPS) is 23.3. The Bertz CT molecular complexity index is 201. The van der Waals surface area contributed by atoms with Gasteiger partial charge in [0, 0.05) is 6.54 Å². The zero-order valence-electron chi connectivity index (χ0n) is 12.4. The van der Waals surface area contributed by atoms with Crippen molar-refractivity contribution in [3.05, 3.63) is 0 Å². The van der Waals surface area contributed by atoms with Gasteiger partial charge in [0.2, 0.25) is 0 Å². The second-order valence-electron chi connectivity index (χ2n) is 6.63. The molecule has 1 aliphatic rings. The molecular weight excluding hydrogens is 208 g/mol. The first-order valence-corrected chi connectivity index (χ1v) is 7.46. The third-order valence-electron chi connectivity index (χ3n) is 3.92. The minimum atomic E-state index is 0.568. The number of rotatable bonds is 6. The molecule has 1 N–H and O–H groups in total. The Morgan fingerprint density at radius 3 is 2.71 bits per heavy atom. The van der Waals surface area contributed by atoms with Crippen molar-refractivity contribution >= 4 is 0 Å². The van der Waals surface area contributed by atoms with Crippen molar-refractivity contribution in [3.8, 4) is 0 Å². The van der Waals surface area contributed by atoms with Gasteiger partial charge in [-0.1, -0.05) is 27.7 Å². The van der Waals surface area contributed by atoms with E-state index in [0.717, 1.165) is 12.5 Å². The zero-order valence-corrected chi connectivity index (χ0v) is 12.4. The fraction of sp³-hybridized carbons (Fsp3) is 1.00. The molecule has 2 nitrogen and oxygen atoms in total.